The number of ether oxygens (including phenoxy) is 2. The molecule has 0 aromatic carbocycles. The fourth-order valence-corrected chi connectivity index (χ4v) is 9.84. The van der Waals surface area contributed by atoms with E-state index in [1.807, 2.05) is 36.4 Å². The third kappa shape index (κ3) is 8.04. The van der Waals surface area contributed by atoms with Gasteiger partial charge in [-0.05, 0) is 80.6 Å². The Hall–Kier alpha value is -4.41. The first kappa shape index (κ1) is 40.8. The minimum absolute atomic E-state index is 0.0248. The average molecular weight is 785 g/mol. The van der Waals surface area contributed by atoms with Crippen molar-refractivity contribution in [3.05, 3.63) is 53.7 Å². The van der Waals surface area contributed by atoms with Crippen LogP contribution in [0.3, 0.4) is 0 Å². The van der Waals surface area contributed by atoms with E-state index in [-0.39, 0.29) is 42.6 Å². The summed E-state index contributed by atoms with van der Waals surface area (Å²) in [6, 6.07) is -0.333. The predicted molar refractivity (Wildman–Crippen MR) is 215 cm³/mol. The molecule has 0 radical (unpaired) electrons. The smallest absolute Gasteiger partial charge is 0.341 e. The molecule has 3 fully saturated rings. The second-order valence-corrected chi connectivity index (χ2v) is 16.9. The second kappa shape index (κ2) is 16.5. The lowest BCUT2D eigenvalue weighted by molar-refractivity contribution is -0.157. The zero-order valence-corrected chi connectivity index (χ0v) is 33.6. The van der Waals surface area contributed by atoms with Gasteiger partial charge in [-0.2, -0.15) is 0 Å². The Morgan fingerprint density at radius 2 is 1.95 bits per heavy atom. The highest BCUT2D eigenvalue weighted by molar-refractivity contribution is 6.07. The number of allylic oxidation sites excluding steroid dienone is 1. The largest absolute Gasteiger partial charge is 0.423 e. The van der Waals surface area contributed by atoms with Gasteiger partial charge in [-0.15, -0.1) is 0 Å². The van der Waals surface area contributed by atoms with Crippen LogP contribution in [0.4, 0.5) is 0 Å². The summed E-state index contributed by atoms with van der Waals surface area (Å²) in [5.41, 5.74) is 2.10. The molecule has 5 aliphatic rings. The van der Waals surface area contributed by atoms with Gasteiger partial charge in [0, 0.05) is 50.0 Å². The molecule has 2 aromatic rings. The van der Waals surface area contributed by atoms with Crippen LogP contribution < -0.4 is 10.6 Å². The predicted octanol–water partition coefficient (Wildman–Crippen LogP) is 2.53. The van der Waals surface area contributed by atoms with E-state index in [1.165, 1.54) is 0 Å². The van der Waals surface area contributed by atoms with Gasteiger partial charge in [-0.1, -0.05) is 26.0 Å². The molecule has 2 aromatic heterocycles. The maximum atomic E-state index is 13.9. The van der Waals surface area contributed by atoms with Crippen LogP contribution in [-0.2, 0) is 30.9 Å². The van der Waals surface area contributed by atoms with E-state index in [2.05, 4.69) is 44.1 Å². The zero-order valence-electron chi connectivity index (χ0n) is 33.6. The minimum Gasteiger partial charge on any atom is -0.423 e. The van der Waals surface area contributed by atoms with Gasteiger partial charge in [0.15, 0.2) is 11.4 Å². The van der Waals surface area contributed by atoms with Gasteiger partial charge in [-0.3, -0.25) is 19.9 Å². The van der Waals surface area contributed by atoms with Crippen molar-refractivity contribution >= 4 is 46.9 Å². The Kier molecular flexibility index (Phi) is 11.8. The van der Waals surface area contributed by atoms with Crippen molar-refractivity contribution in [2.24, 2.45) is 39.7 Å². The van der Waals surface area contributed by atoms with Crippen molar-refractivity contribution in [1.29, 1.82) is 0 Å². The monoisotopic (exact) mass is 784 g/mol. The van der Waals surface area contributed by atoms with Crippen molar-refractivity contribution in [2.75, 3.05) is 39.5 Å². The number of morpholine rings is 1. The lowest BCUT2D eigenvalue weighted by Gasteiger charge is -2.62. The number of aryl methyl sites for hydroxylation is 1. The summed E-state index contributed by atoms with van der Waals surface area (Å²) in [5, 5.41) is 29.4. The topological polar surface area (TPSA) is 193 Å². The normalized spacial score (nSPS) is 31.2. The molecule has 3 aliphatic heterocycles. The highest BCUT2D eigenvalue weighted by Crippen LogP contribution is 2.62. The summed E-state index contributed by atoms with van der Waals surface area (Å²) >= 11 is 0. The number of nitrogens with one attached hydrogen (secondary N) is 2. The number of carbonyl (C=O) groups excluding carboxylic acids is 3. The maximum absolute atomic E-state index is 13.9. The van der Waals surface area contributed by atoms with Crippen molar-refractivity contribution in [3.8, 4) is 0 Å². The molecule has 0 bridgehead atoms. The first-order chi connectivity index (χ1) is 27.2. The van der Waals surface area contributed by atoms with Gasteiger partial charge in [-0.25, -0.2) is 19.8 Å². The summed E-state index contributed by atoms with van der Waals surface area (Å²) < 4.78 is 13.2. The number of rotatable bonds is 13. The van der Waals surface area contributed by atoms with Crippen molar-refractivity contribution in [1.82, 2.24) is 30.1 Å². The van der Waals surface area contributed by atoms with Gasteiger partial charge < -0.3 is 34.5 Å². The number of aliphatic hydroxyl groups is 2. The number of imidazole rings is 1. The number of pyridine rings is 1. The lowest BCUT2D eigenvalue weighted by Crippen LogP contribution is -2.63. The second-order valence-electron chi connectivity index (χ2n) is 16.9. The molecule has 5 heterocycles. The average Bonchev–Trinajstić information content (AvgIpc) is 3.95. The fraction of sp³-hybridized carbons (Fsp3) is 0.595. The van der Waals surface area contributed by atoms with Crippen molar-refractivity contribution < 1.29 is 34.1 Å². The molecule has 4 N–H and O–H groups in total. The van der Waals surface area contributed by atoms with Crippen LogP contribution >= 0.6 is 0 Å². The van der Waals surface area contributed by atoms with Crippen LogP contribution in [0.2, 0.25) is 0 Å². The summed E-state index contributed by atoms with van der Waals surface area (Å²) in [6.45, 7) is 14.7. The van der Waals surface area contributed by atoms with E-state index < -0.39 is 41.0 Å². The molecule has 15 nitrogen and oxygen atoms in total. The number of hydrogen-bond donors (Lipinski definition) is 4. The van der Waals surface area contributed by atoms with Crippen molar-refractivity contribution in [3.63, 3.8) is 0 Å². The highest BCUT2D eigenvalue weighted by atomic mass is 16.5. The highest BCUT2D eigenvalue weighted by Gasteiger charge is 2.60. The number of Topliss-reactive ketones (excluding diaryl/α,β-unsaturated/α-hetero) is 1. The van der Waals surface area contributed by atoms with Gasteiger partial charge in [0.05, 0.1) is 62.9 Å². The summed E-state index contributed by atoms with van der Waals surface area (Å²) in [7, 11) is 1.87. The number of fused-ring (bicyclic) bond motifs is 2. The SMILES string of the molecule is C=C1C(NC(C)C(=O)N2CCOCC2)CC2[C@](C)(CC[C@@H](O)[C@@]2(C)CO)C1CC(NC(C)C(=O)CC1=NCC=N1)C1=C/C(=C\c2cnc3c(c2)ncn3C)OC1=O. The molecule has 2 saturated carbocycles. The molecule has 6 unspecified atom stereocenters. The Morgan fingerprint density at radius 1 is 1.18 bits per heavy atom. The zero-order chi connectivity index (χ0) is 40.6. The van der Waals surface area contributed by atoms with Crippen LogP contribution in [0.25, 0.3) is 17.2 Å². The molecule has 7 rings (SSSR count). The molecule has 9 atom stereocenters. The fourth-order valence-electron chi connectivity index (χ4n) is 9.84. The number of ketones is 1. The molecule has 1 amide bonds. The van der Waals surface area contributed by atoms with Crippen LogP contribution in [0.5, 0.6) is 0 Å². The Morgan fingerprint density at radius 3 is 2.67 bits per heavy atom. The summed E-state index contributed by atoms with van der Waals surface area (Å²) in [4.78, 5) is 60.4. The molecule has 15 heteroatoms. The van der Waals surface area contributed by atoms with E-state index in [1.54, 1.807) is 37.8 Å². The van der Waals surface area contributed by atoms with Crippen LogP contribution in [-0.4, -0.2) is 129 Å². The maximum Gasteiger partial charge on any atom is 0.341 e. The Bertz CT molecular complexity index is 2030. The van der Waals surface area contributed by atoms with E-state index in [0.29, 0.717) is 86.8 Å². The molecule has 57 heavy (non-hydrogen) atoms. The molecular weight excluding hydrogens is 729 g/mol. The van der Waals surface area contributed by atoms with Gasteiger partial charge in [0.25, 0.3) is 0 Å². The van der Waals surface area contributed by atoms with Gasteiger partial charge >= 0.3 is 5.97 Å². The quantitative estimate of drug-likeness (QED) is 0.172. The number of cyclic esters (lactones) is 1. The molecule has 0 spiro atoms. The van der Waals surface area contributed by atoms with Crippen LogP contribution in [0.1, 0.15) is 65.4 Å². The van der Waals surface area contributed by atoms with E-state index in [4.69, 9.17) is 9.47 Å². The number of hydrogen-bond acceptors (Lipinski definition) is 13. The third-order valence-corrected chi connectivity index (χ3v) is 13.3. The number of carbonyl (C=O) groups is 3. The van der Waals surface area contributed by atoms with Crippen LogP contribution in [0, 0.1) is 22.7 Å². The van der Waals surface area contributed by atoms with Crippen LogP contribution in [0.15, 0.2) is 58.1 Å². The lowest BCUT2D eigenvalue weighted by atomic mass is 9.45. The number of aliphatic hydroxyl groups excluding tert-OH is 2. The number of aromatic nitrogens is 3. The Labute approximate surface area is 333 Å². The van der Waals surface area contributed by atoms with E-state index >= 15 is 0 Å². The number of nitrogens with zero attached hydrogens (tertiary/aromatic N) is 6. The minimum atomic E-state index is -0.831. The van der Waals surface area contributed by atoms with Crippen molar-refractivity contribution in [2.45, 2.75) is 90.1 Å². The number of esters is 1. The molecular formula is C42H56N8O7. The van der Waals surface area contributed by atoms with E-state index in [9.17, 15) is 24.6 Å². The number of amides is 1. The summed E-state index contributed by atoms with van der Waals surface area (Å²) in [6.07, 6.45) is 9.91. The number of aliphatic imine (C=N–C) groups is 2. The summed E-state index contributed by atoms with van der Waals surface area (Å²) in [5.74, 6) is -0.306. The van der Waals surface area contributed by atoms with E-state index in [0.717, 1.165) is 11.2 Å². The van der Waals surface area contributed by atoms with Gasteiger partial charge in [0.2, 0.25) is 5.91 Å². The number of amidine groups is 1. The Balaban J connectivity index is 1.23. The van der Waals surface area contributed by atoms with Gasteiger partial charge in [0.1, 0.15) is 17.1 Å². The molecule has 306 valence electrons. The third-order valence-electron chi connectivity index (χ3n) is 13.3. The molecule has 2 aliphatic carbocycles. The first-order valence-corrected chi connectivity index (χ1v) is 20.1. The first-order valence-electron chi connectivity index (χ1n) is 20.1. The molecule has 1 saturated heterocycles. The standard InChI is InChI=1S/C42H56N8O7/c1-24-30(41(4)8-7-36(53)42(5,22-51)35(41)19-31(24)48-26(3)39(54)50-11-13-56-14-12-50)18-32(47-25(2)34(52)20-37-43-9-10-44-37)29-17-28(57-40(29)55)15-27-16-33-38(45-21-27)49(6)23-46-33/h9,15-17,21,23,25-26,30-32,35-36,47-48,51,53H,1,7-8,10-14,18-20,22H2,2-6H3/b28-15+/t25?,26?,30?,31?,32?,35?,36-,41-,42+/m1/s1.